The van der Waals surface area contributed by atoms with Crippen LogP contribution < -0.4 is 5.32 Å². The normalized spacial score (nSPS) is 10.2. The van der Waals surface area contributed by atoms with E-state index in [1.54, 1.807) is 13.1 Å². The summed E-state index contributed by atoms with van der Waals surface area (Å²) in [5.41, 5.74) is 0. The summed E-state index contributed by atoms with van der Waals surface area (Å²) >= 11 is 0. The number of nitrogens with zero attached hydrogens (tertiary/aromatic N) is 1. The molecule has 5 nitrogen and oxygen atoms in total. The molecule has 1 heterocycles. The molecular weight excluding hydrogens is 196 g/mol. The van der Waals surface area contributed by atoms with Gasteiger partial charge in [-0.3, -0.25) is 4.79 Å². The highest BCUT2D eigenvalue weighted by atomic mass is 16.5. The summed E-state index contributed by atoms with van der Waals surface area (Å²) in [6, 6.07) is 0. The van der Waals surface area contributed by atoms with Crippen molar-refractivity contribution in [3.8, 4) is 0 Å². The number of oxazole rings is 1. The summed E-state index contributed by atoms with van der Waals surface area (Å²) < 4.78 is 9.83. The zero-order valence-corrected chi connectivity index (χ0v) is 8.86. The molecule has 0 saturated carbocycles. The number of hydrogen-bond acceptors (Lipinski definition) is 5. The number of aromatic nitrogens is 1. The number of hydrogen-bond donors (Lipinski definition) is 1. The quantitative estimate of drug-likeness (QED) is 0.541. The van der Waals surface area contributed by atoms with Crippen LogP contribution in [0.5, 0.6) is 0 Å². The monoisotopic (exact) mass is 212 g/mol. The van der Waals surface area contributed by atoms with Gasteiger partial charge in [-0.25, -0.2) is 4.98 Å². The first-order valence-corrected chi connectivity index (χ1v) is 5.06. The molecule has 0 aliphatic rings. The smallest absolute Gasteiger partial charge is 0.305 e. The molecule has 0 atom stereocenters. The molecular formula is C10H16N2O3. The fraction of sp³-hybridized carbons (Fsp3) is 0.600. The first-order valence-electron chi connectivity index (χ1n) is 5.06. The third-order valence-corrected chi connectivity index (χ3v) is 1.82. The molecule has 0 fully saturated rings. The molecule has 0 aliphatic carbocycles. The number of nitrogens with one attached hydrogen (secondary N) is 1. The molecule has 0 aromatic carbocycles. The second-order valence-electron chi connectivity index (χ2n) is 3.05. The zero-order chi connectivity index (χ0) is 10.9. The lowest BCUT2D eigenvalue weighted by Crippen LogP contribution is -2.16. The molecule has 15 heavy (non-hydrogen) atoms. The maximum absolute atomic E-state index is 11.0. The van der Waals surface area contributed by atoms with Crippen LogP contribution in [0.4, 0.5) is 0 Å². The van der Waals surface area contributed by atoms with Gasteiger partial charge in [-0.1, -0.05) is 0 Å². The first-order chi connectivity index (χ1) is 7.33. The summed E-state index contributed by atoms with van der Waals surface area (Å²) in [6.45, 7) is 3.66. The molecule has 0 saturated heterocycles. The van der Waals surface area contributed by atoms with Crippen molar-refractivity contribution in [2.75, 3.05) is 13.2 Å². The van der Waals surface area contributed by atoms with Crippen molar-refractivity contribution in [1.29, 1.82) is 0 Å². The van der Waals surface area contributed by atoms with E-state index in [1.807, 2.05) is 0 Å². The van der Waals surface area contributed by atoms with E-state index in [1.165, 1.54) is 6.39 Å². The van der Waals surface area contributed by atoms with Crippen molar-refractivity contribution in [3.63, 3.8) is 0 Å². The molecule has 1 rings (SSSR count). The van der Waals surface area contributed by atoms with E-state index >= 15 is 0 Å². The zero-order valence-electron chi connectivity index (χ0n) is 8.86. The lowest BCUT2D eigenvalue weighted by molar-refractivity contribution is -0.143. The highest BCUT2D eigenvalue weighted by Gasteiger charge is 2.00. The van der Waals surface area contributed by atoms with Crippen molar-refractivity contribution >= 4 is 5.97 Å². The standard InChI is InChI=1S/C10H16N2O3/c1-2-14-10(13)4-3-5-11-6-9-7-12-8-15-9/h7-8,11H,2-6H2,1H3. The molecule has 0 unspecified atom stereocenters. The number of carbonyl (C=O) groups is 1. The molecule has 5 heteroatoms. The third kappa shape index (κ3) is 5.17. The van der Waals surface area contributed by atoms with Crippen LogP contribution in [0.15, 0.2) is 17.0 Å². The van der Waals surface area contributed by atoms with E-state index in [0.29, 0.717) is 19.6 Å². The Kier molecular flexibility index (Phi) is 5.47. The molecule has 0 bridgehead atoms. The Labute approximate surface area is 88.8 Å². The molecule has 1 aromatic heterocycles. The van der Waals surface area contributed by atoms with Gasteiger partial charge in [0, 0.05) is 6.42 Å². The lowest BCUT2D eigenvalue weighted by atomic mass is 10.3. The van der Waals surface area contributed by atoms with Crippen molar-refractivity contribution in [1.82, 2.24) is 10.3 Å². The second-order valence-corrected chi connectivity index (χ2v) is 3.05. The molecule has 1 N–H and O–H groups in total. The lowest BCUT2D eigenvalue weighted by Gasteiger charge is -2.02. The number of ether oxygens (including phenoxy) is 1. The maximum Gasteiger partial charge on any atom is 0.305 e. The van der Waals surface area contributed by atoms with Crippen LogP contribution in [0.1, 0.15) is 25.5 Å². The number of carbonyl (C=O) groups excluding carboxylic acids is 1. The van der Waals surface area contributed by atoms with Gasteiger partial charge >= 0.3 is 5.97 Å². The topological polar surface area (TPSA) is 64.4 Å². The van der Waals surface area contributed by atoms with Crippen LogP contribution in [0.2, 0.25) is 0 Å². The van der Waals surface area contributed by atoms with Gasteiger partial charge in [0.05, 0.1) is 19.3 Å². The molecule has 0 amide bonds. The van der Waals surface area contributed by atoms with Crippen molar-refractivity contribution in [2.45, 2.75) is 26.3 Å². The summed E-state index contributed by atoms with van der Waals surface area (Å²) in [5.74, 6) is 0.658. The van der Waals surface area contributed by atoms with E-state index in [9.17, 15) is 4.79 Å². The minimum atomic E-state index is -0.140. The van der Waals surface area contributed by atoms with Crippen molar-refractivity contribution in [2.24, 2.45) is 0 Å². The van der Waals surface area contributed by atoms with E-state index < -0.39 is 0 Å². The number of esters is 1. The molecule has 84 valence electrons. The van der Waals surface area contributed by atoms with Gasteiger partial charge in [0.25, 0.3) is 0 Å². The van der Waals surface area contributed by atoms with Gasteiger partial charge in [0.1, 0.15) is 5.76 Å². The Morgan fingerprint density at radius 3 is 3.20 bits per heavy atom. The Hall–Kier alpha value is -1.36. The highest BCUT2D eigenvalue weighted by molar-refractivity contribution is 5.69. The third-order valence-electron chi connectivity index (χ3n) is 1.82. The fourth-order valence-electron chi connectivity index (χ4n) is 1.13. The Bertz CT molecular complexity index is 272. The minimum Gasteiger partial charge on any atom is -0.466 e. The largest absolute Gasteiger partial charge is 0.466 e. The fourth-order valence-corrected chi connectivity index (χ4v) is 1.13. The van der Waals surface area contributed by atoms with Crippen LogP contribution in [-0.2, 0) is 16.1 Å². The van der Waals surface area contributed by atoms with E-state index in [4.69, 9.17) is 9.15 Å². The number of rotatable bonds is 7. The molecule has 0 aliphatic heterocycles. The second kappa shape index (κ2) is 7.00. The van der Waals surface area contributed by atoms with Crippen molar-refractivity contribution in [3.05, 3.63) is 18.4 Å². The van der Waals surface area contributed by atoms with Gasteiger partial charge in [-0.15, -0.1) is 0 Å². The molecule has 0 spiro atoms. The van der Waals surface area contributed by atoms with Gasteiger partial charge < -0.3 is 14.5 Å². The summed E-state index contributed by atoms with van der Waals surface area (Å²) in [4.78, 5) is 14.7. The first kappa shape index (κ1) is 11.7. The average molecular weight is 212 g/mol. The van der Waals surface area contributed by atoms with E-state index in [-0.39, 0.29) is 5.97 Å². The molecule has 1 aromatic rings. The van der Waals surface area contributed by atoms with Gasteiger partial charge in [0.2, 0.25) is 0 Å². The predicted octanol–water partition coefficient (Wildman–Crippen LogP) is 1.11. The minimum absolute atomic E-state index is 0.140. The maximum atomic E-state index is 11.0. The highest BCUT2D eigenvalue weighted by Crippen LogP contribution is 1.96. The van der Waals surface area contributed by atoms with Crippen LogP contribution in [0.3, 0.4) is 0 Å². The van der Waals surface area contributed by atoms with Crippen LogP contribution in [0.25, 0.3) is 0 Å². The van der Waals surface area contributed by atoms with Gasteiger partial charge in [0.15, 0.2) is 6.39 Å². The van der Waals surface area contributed by atoms with Gasteiger partial charge in [-0.2, -0.15) is 0 Å². The Morgan fingerprint density at radius 2 is 2.53 bits per heavy atom. The van der Waals surface area contributed by atoms with Crippen molar-refractivity contribution < 1.29 is 13.9 Å². The predicted molar refractivity (Wildman–Crippen MR) is 54.1 cm³/mol. The van der Waals surface area contributed by atoms with Gasteiger partial charge in [-0.05, 0) is 19.9 Å². The van der Waals surface area contributed by atoms with E-state index in [2.05, 4.69) is 10.3 Å². The SMILES string of the molecule is CCOC(=O)CCCNCc1cnco1. The summed E-state index contributed by atoms with van der Waals surface area (Å²) in [5, 5.41) is 3.14. The van der Waals surface area contributed by atoms with E-state index in [0.717, 1.165) is 18.7 Å². The van der Waals surface area contributed by atoms with Crippen LogP contribution >= 0.6 is 0 Å². The Balaban J connectivity index is 1.95. The Morgan fingerprint density at radius 1 is 1.67 bits per heavy atom. The average Bonchev–Trinajstić information content (AvgIpc) is 2.70. The molecule has 0 radical (unpaired) electrons. The summed E-state index contributed by atoms with van der Waals surface area (Å²) in [7, 11) is 0. The summed E-state index contributed by atoms with van der Waals surface area (Å²) in [6.07, 6.45) is 4.29. The van der Waals surface area contributed by atoms with Crippen LogP contribution in [0, 0.1) is 0 Å². The van der Waals surface area contributed by atoms with Crippen LogP contribution in [-0.4, -0.2) is 24.1 Å².